The van der Waals surface area contributed by atoms with Gasteiger partial charge < -0.3 is 10.2 Å². The van der Waals surface area contributed by atoms with Crippen LogP contribution in [0.4, 0.5) is 0 Å². The number of hydrogen-bond donors (Lipinski definition) is 1. The van der Waals surface area contributed by atoms with Crippen LogP contribution in [0.25, 0.3) is 0 Å². The number of rotatable bonds is 4. The van der Waals surface area contributed by atoms with Crippen molar-refractivity contribution in [1.29, 1.82) is 0 Å². The monoisotopic (exact) mass is 212 g/mol. The third kappa shape index (κ3) is 4.98. The van der Waals surface area contributed by atoms with Gasteiger partial charge in [-0.25, -0.2) is 0 Å². The third-order valence-corrected chi connectivity index (χ3v) is 3.38. The highest BCUT2D eigenvalue weighted by Crippen LogP contribution is 2.18. The molecular formula is C13H28N2. The maximum absolute atomic E-state index is 3.56. The smallest absolute Gasteiger partial charge is 0.0252 e. The van der Waals surface area contributed by atoms with Crippen LogP contribution in [0.1, 0.15) is 47.0 Å². The summed E-state index contributed by atoms with van der Waals surface area (Å²) in [5.74, 6) is 0.928. The van der Waals surface area contributed by atoms with Crippen LogP contribution in [-0.4, -0.2) is 36.6 Å². The van der Waals surface area contributed by atoms with E-state index in [0.717, 1.165) is 12.5 Å². The van der Waals surface area contributed by atoms with Gasteiger partial charge in [0.1, 0.15) is 0 Å². The third-order valence-electron chi connectivity index (χ3n) is 3.38. The summed E-state index contributed by atoms with van der Waals surface area (Å²) in [6.07, 6.45) is 4.17. The molecule has 1 rings (SSSR count). The highest BCUT2D eigenvalue weighted by molar-refractivity contribution is 4.82. The van der Waals surface area contributed by atoms with Crippen molar-refractivity contribution in [2.45, 2.75) is 52.5 Å². The van der Waals surface area contributed by atoms with Gasteiger partial charge in [-0.1, -0.05) is 13.8 Å². The molecule has 0 spiro atoms. The van der Waals surface area contributed by atoms with Gasteiger partial charge in [-0.3, -0.25) is 0 Å². The molecule has 1 heterocycles. The highest BCUT2D eigenvalue weighted by atomic mass is 15.2. The van der Waals surface area contributed by atoms with E-state index in [9.17, 15) is 0 Å². The summed E-state index contributed by atoms with van der Waals surface area (Å²) in [5, 5.41) is 3.56. The zero-order valence-electron chi connectivity index (χ0n) is 11.0. The van der Waals surface area contributed by atoms with Crippen LogP contribution in [-0.2, 0) is 0 Å². The minimum Gasteiger partial charge on any atom is -0.311 e. The van der Waals surface area contributed by atoms with Gasteiger partial charge in [0, 0.05) is 12.1 Å². The molecule has 0 radical (unpaired) electrons. The van der Waals surface area contributed by atoms with Gasteiger partial charge >= 0.3 is 0 Å². The van der Waals surface area contributed by atoms with E-state index in [4.69, 9.17) is 0 Å². The van der Waals surface area contributed by atoms with E-state index in [-0.39, 0.29) is 5.54 Å². The molecule has 0 amide bonds. The number of hydrogen-bond acceptors (Lipinski definition) is 2. The average molecular weight is 212 g/mol. The van der Waals surface area contributed by atoms with Crippen molar-refractivity contribution in [3.05, 3.63) is 0 Å². The maximum Gasteiger partial charge on any atom is 0.0252 e. The van der Waals surface area contributed by atoms with Crippen molar-refractivity contribution in [2.75, 3.05) is 26.2 Å². The molecule has 1 aliphatic heterocycles. The first-order valence-electron chi connectivity index (χ1n) is 6.51. The second kappa shape index (κ2) is 5.86. The fourth-order valence-electron chi connectivity index (χ4n) is 2.57. The average Bonchev–Trinajstić information content (AvgIpc) is 2.30. The Labute approximate surface area is 95.4 Å². The van der Waals surface area contributed by atoms with E-state index in [1.165, 1.54) is 38.9 Å². The van der Waals surface area contributed by atoms with Gasteiger partial charge in [0.05, 0.1) is 0 Å². The first-order chi connectivity index (χ1) is 7.03. The van der Waals surface area contributed by atoms with Crippen LogP contribution in [0, 0.1) is 5.92 Å². The summed E-state index contributed by atoms with van der Waals surface area (Å²) in [7, 11) is 0. The molecule has 0 aliphatic carbocycles. The lowest BCUT2D eigenvalue weighted by molar-refractivity contribution is 0.206. The van der Waals surface area contributed by atoms with E-state index in [0.29, 0.717) is 0 Å². The molecule has 2 heteroatoms. The summed E-state index contributed by atoms with van der Waals surface area (Å²) >= 11 is 0. The molecule has 2 nitrogen and oxygen atoms in total. The number of likely N-dealkylation sites (tertiary alicyclic amines) is 1. The summed E-state index contributed by atoms with van der Waals surface area (Å²) < 4.78 is 0. The molecule has 1 N–H and O–H groups in total. The number of likely N-dealkylation sites (N-methyl/N-ethyl adjacent to an activating group) is 1. The van der Waals surface area contributed by atoms with Crippen LogP contribution in [0.15, 0.2) is 0 Å². The Kier molecular flexibility index (Phi) is 5.07. The molecule has 90 valence electrons. The fourth-order valence-corrected chi connectivity index (χ4v) is 2.57. The maximum atomic E-state index is 3.56. The zero-order valence-corrected chi connectivity index (χ0v) is 11.0. The standard InChI is InChI=1S/C13H28N2/c1-5-14-13(3,4)11-15-9-6-7-12(2)8-10-15/h12,14H,5-11H2,1-4H3. The predicted octanol–water partition coefficient (Wildman–Crippen LogP) is 2.50. The molecule has 1 saturated heterocycles. The first kappa shape index (κ1) is 13.0. The molecule has 1 fully saturated rings. The summed E-state index contributed by atoms with van der Waals surface area (Å²) in [5.41, 5.74) is 0.266. The van der Waals surface area contributed by atoms with Gasteiger partial charge in [-0.05, 0) is 58.7 Å². The summed E-state index contributed by atoms with van der Waals surface area (Å²) in [6.45, 7) is 14.0. The second-order valence-corrected chi connectivity index (χ2v) is 5.73. The minimum atomic E-state index is 0.266. The van der Waals surface area contributed by atoms with Crippen LogP contribution in [0.5, 0.6) is 0 Å². The summed E-state index contributed by atoms with van der Waals surface area (Å²) in [6, 6.07) is 0. The molecule has 0 aromatic carbocycles. The Morgan fingerprint density at radius 2 is 2.00 bits per heavy atom. The van der Waals surface area contributed by atoms with Gasteiger partial charge in [-0.2, -0.15) is 0 Å². The lowest BCUT2D eigenvalue weighted by Gasteiger charge is -2.32. The van der Waals surface area contributed by atoms with Crippen molar-refractivity contribution >= 4 is 0 Å². The van der Waals surface area contributed by atoms with Gasteiger partial charge in [-0.15, -0.1) is 0 Å². The predicted molar refractivity (Wildman–Crippen MR) is 67.2 cm³/mol. The zero-order chi connectivity index (χ0) is 11.3. The van der Waals surface area contributed by atoms with Crippen molar-refractivity contribution in [3.63, 3.8) is 0 Å². The molecule has 1 atom stereocenters. The first-order valence-corrected chi connectivity index (χ1v) is 6.51. The molecular weight excluding hydrogens is 184 g/mol. The Balaban J connectivity index is 2.36. The van der Waals surface area contributed by atoms with Crippen molar-refractivity contribution in [1.82, 2.24) is 10.2 Å². The van der Waals surface area contributed by atoms with Crippen LogP contribution in [0.3, 0.4) is 0 Å². The molecule has 1 aliphatic rings. The SMILES string of the molecule is CCNC(C)(C)CN1CCCC(C)CC1. The van der Waals surface area contributed by atoms with E-state index in [2.05, 4.69) is 37.9 Å². The Bertz CT molecular complexity index is 177. The Morgan fingerprint density at radius 1 is 1.27 bits per heavy atom. The van der Waals surface area contributed by atoms with E-state index in [1.54, 1.807) is 0 Å². The van der Waals surface area contributed by atoms with Crippen molar-refractivity contribution in [2.24, 2.45) is 5.92 Å². The molecule has 0 bridgehead atoms. The van der Waals surface area contributed by atoms with E-state index in [1.807, 2.05) is 0 Å². The number of nitrogens with zero attached hydrogens (tertiary/aromatic N) is 1. The summed E-state index contributed by atoms with van der Waals surface area (Å²) in [4.78, 5) is 2.63. The second-order valence-electron chi connectivity index (χ2n) is 5.73. The van der Waals surface area contributed by atoms with Gasteiger partial charge in [0.25, 0.3) is 0 Å². The van der Waals surface area contributed by atoms with Crippen LogP contribution in [0.2, 0.25) is 0 Å². The molecule has 0 aromatic rings. The fraction of sp³-hybridized carbons (Fsp3) is 1.00. The van der Waals surface area contributed by atoms with Crippen LogP contribution < -0.4 is 5.32 Å². The molecule has 1 unspecified atom stereocenters. The van der Waals surface area contributed by atoms with Crippen molar-refractivity contribution in [3.8, 4) is 0 Å². The lowest BCUT2D eigenvalue weighted by Crippen LogP contribution is -2.49. The quantitative estimate of drug-likeness (QED) is 0.770. The Hall–Kier alpha value is -0.0800. The van der Waals surface area contributed by atoms with E-state index < -0.39 is 0 Å². The highest BCUT2D eigenvalue weighted by Gasteiger charge is 2.22. The van der Waals surface area contributed by atoms with Crippen molar-refractivity contribution < 1.29 is 0 Å². The van der Waals surface area contributed by atoms with E-state index >= 15 is 0 Å². The molecule has 15 heavy (non-hydrogen) atoms. The van der Waals surface area contributed by atoms with Crippen LogP contribution >= 0.6 is 0 Å². The molecule has 0 saturated carbocycles. The normalized spacial score (nSPS) is 25.2. The lowest BCUT2D eigenvalue weighted by atomic mass is 10.0. The largest absolute Gasteiger partial charge is 0.311 e. The minimum absolute atomic E-state index is 0.266. The number of nitrogens with one attached hydrogen (secondary N) is 1. The molecule has 0 aromatic heterocycles. The van der Waals surface area contributed by atoms with Gasteiger partial charge in [0.2, 0.25) is 0 Å². The van der Waals surface area contributed by atoms with Gasteiger partial charge in [0.15, 0.2) is 0 Å². The Morgan fingerprint density at radius 3 is 2.67 bits per heavy atom. The topological polar surface area (TPSA) is 15.3 Å².